The van der Waals surface area contributed by atoms with Gasteiger partial charge in [-0.15, -0.1) is 24.0 Å². The molecule has 0 aromatic heterocycles. The van der Waals surface area contributed by atoms with Gasteiger partial charge in [-0.25, -0.2) is 0 Å². The zero-order valence-corrected chi connectivity index (χ0v) is 14.5. The topological polar surface area (TPSA) is 44.9 Å². The second-order valence-corrected chi connectivity index (χ2v) is 5.67. The van der Waals surface area contributed by atoms with E-state index in [1.807, 2.05) is 0 Å². The van der Waals surface area contributed by atoms with Gasteiger partial charge in [0.15, 0.2) is 5.96 Å². The molecule has 0 radical (unpaired) electrons. The van der Waals surface area contributed by atoms with Gasteiger partial charge in [0.25, 0.3) is 0 Å². The SMILES string of the molecule is CC1CCCCN1CCN=C(N)N1CCCCC1.I. The molecule has 4 nitrogen and oxygen atoms in total. The summed E-state index contributed by atoms with van der Waals surface area (Å²) in [5.41, 5.74) is 6.06. The predicted molar refractivity (Wildman–Crippen MR) is 92.2 cm³/mol. The number of rotatable bonds is 3. The quantitative estimate of drug-likeness (QED) is 0.464. The van der Waals surface area contributed by atoms with Crippen LogP contribution < -0.4 is 5.73 Å². The number of nitrogens with two attached hydrogens (primary N) is 1. The lowest BCUT2D eigenvalue weighted by atomic mass is 10.0. The summed E-state index contributed by atoms with van der Waals surface area (Å²) >= 11 is 0. The Morgan fingerprint density at radius 2 is 1.79 bits per heavy atom. The molecule has 0 aromatic rings. The van der Waals surface area contributed by atoms with Crippen molar-refractivity contribution < 1.29 is 0 Å². The van der Waals surface area contributed by atoms with Crippen molar-refractivity contribution in [3.63, 3.8) is 0 Å². The Hall–Kier alpha value is -0.0400. The van der Waals surface area contributed by atoms with Crippen molar-refractivity contribution in [2.75, 3.05) is 32.7 Å². The van der Waals surface area contributed by atoms with E-state index in [1.165, 1.54) is 45.1 Å². The van der Waals surface area contributed by atoms with Gasteiger partial charge < -0.3 is 10.6 Å². The fourth-order valence-electron chi connectivity index (χ4n) is 3.01. The monoisotopic (exact) mass is 380 g/mol. The van der Waals surface area contributed by atoms with Gasteiger partial charge in [0, 0.05) is 25.7 Å². The Kier molecular flexibility index (Phi) is 8.06. The molecule has 0 aliphatic carbocycles. The lowest BCUT2D eigenvalue weighted by Crippen LogP contribution is -2.42. The van der Waals surface area contributed by atoms with Crippen molar-refractivity contribution in [3.05, 3.63) is 0 Å². The second kappa shape index (κ2) is 9.00. The first-order valence-electron chi connectivity index (χ1n) is 7.56. The third kappa shape index (κ3) is 5.45. The molecule has 1 unspecified atom stereocenters. The highest BCUT2D eigenvalue weighted by atomic mass is 127. The normalized spacial score (nSPS) is 26.1. The molecule has 0 spiro atoms. The Labute approximate surface area is 134 Å². The third-order valence-electron chi connectivity index (χ3n) is 4.28. The predicted octanol–water partition coefficient (Wildman–Crippen LogP) is 2.28. The average molecular weight is 380 g/mol. The molecule has 112 valence electrons. The van der Waals surface area contributed by atoms with E-state index >= 15 is 0 Å². The van der Waals surface area contributed by atoms with E-state index in [4.69, 9.17) is 5.73 Å². The van der Waals surface area contributed by atoms with Crippen LogP contribution in [0.4, 0.5) is 0 Å². The van der Waals surface area contributed by atoms with Crippen LogP contribution in [0.5, 0.6) is 0 Å². The highest BCUT2D eigenvalue weighted by Gasteiger charge is 2.17. The van der Waals surface area contributed by atoms with Crippen LogP contribution >= 0.6 is 24.0 Å². The van der Waals surface area contributed by atoms with Gasteiger partial charge in [0.2, 0.25) is 0 Å². The standard InChI is InChI=1S/C14H28N4.HI/c1-13-7-3-6-9-17(13)12-8-16-14(15)18-10-4-2-5-11-18;/h13H,2-12H2,1H3,(H2,15,16);1H. The van der Waals surface area contributed by atoms with Crippen LogP contribution in [0.15, 0.2) is 4.99 Å². The van der Waals surface area contributed by atoms with Gasteiger partial charge in [-0.3, -0.25) is 9.89 Å². The van der Waals surface area contributed by atoms with Crippen molar-refractivity contribution in [2.24, 2.45) is 10.7 Å². The maximum Gasteiger partial charge on any atom is 0.191 e. The van der Waals surface area contributed by atoms with Crippen molar-refractivity contribution in [1.82, 2.24) is 9.80 Å². The molecule has 2 fully saturated rings. The fraction of sp³-hybridized carbons (Fsp3) is 0.929. The highest BCUT2D eigenvalue weighted by Crippen LogP contribution is 2.15. The molecule has 2 aliphatic rings. The van der Waals surface area contributed by atoms with Gasteiger partial charge in [-0.2, -0.15) is 0 Å². The zero-order valence-electron chi connectivity index (χ0n) is 12.2. The zero-order chi connectivity index (χ0) is 12.8. The molecule has 2 rings (SSSR count). The summed E-state index contributed by atoms with van der Waals surface area (Å²) in [6.07, 6.45) is 7.94. The summed E-state index contributed by atoms with van der Waals surface area (Å²) < 4.78 is 0. The maximum absolute atomic E-state index is 6.06. The van der Waals surface area contributed by atoms with E-state index < -0.39 is 0 Å². The first-order chi connectivity index (χ1) is 8.77. The van der Waals surface area contributed by atoms with Gasteiger partial charge in [0.05, 0.1) is 6.54 Å². The molecular weight excluding hydrogens is 351 g/mol. The lowest BCUT2D eigenvalue weighted by Gasteiger charge is -2.33. The van der Waals surface area contributed by atoms with Crippen molar-refractivity contribution in [3.8, 4) is 0 Å². The number of likely N-dealkylation sites (tertiary alicyclic amines) is 2. The van der Waals surface area contributed by atoms with E-state index in [0.29, 0.717) is 0 Å². The van der Waals surface area contributed by atoms with E-state index in [-0.39, 0.29) is 24.0 Å². The molecular formula is C14H29IN4. The summed E-state index contributed by atoms with van der Waals surface area (Å²) in [7, 11) is 0. The summed E-state index contributed by atoms with van der Waals surface area (Å²) in [6, 6.07) is 0.727. The van der Waals surface area contributed by atoms with Crippen molar-refractivity contribution in [1.29, 1.82) is 0 Å². The highest BCUT2D eigenvalue weighted by molar-refractivity contribution is 14.0. The molecule has 2 aliphatic heterocycles. The van der Waals surface area contributed by atoms with E-state index in [0.717, 1.165) is 38.2 Å². The molecule has 2 saturated heterocycles. The number of guanidine groups is 1. The number of nitrogens with zero attached hydrogens (tertiary/aromatic N) is 3. The first-order valence-corrected chi connectivity index (χ1v) is 7.56. The van der Waals surface area contributed by atoms with Crippen LogP contribution in [0.1, 0.15) is 45.4 Å². The van der Waals surface area contributed by atoms with Gasteiger partial charge in [-0.05, 0) is 45.6 Å². The Balaban J connectivity index is 0.00000180. The van der Waals surface area contributed by atoms with Crippen LogP contribution in [0.25, 0.3) is 0 Å². The number of piperidine rings is 2. The van der Waals surface area contributed by atoms with Crippen LogP contribution in [-0.2, 0) is 0 Å². The fourth-order valence-corrected chi connectivity index (χ4v) is 3.01. The maximum atomic E-state index is 6.06. The molecule has 0 bridgehead atoms. The number of halogens is 1. The van der Waals surface area contributed by atoms with Gasteiger partial charge >= 0.3 is 0 Å². The van der Waals surface area contributed by atoms with E-state index in [1.54, 1.807) is 0 Å². The smallest absolute Gasteiger partial charge is 0.191 e. The Morgan fingerprint density at radius 1 is 1.11 bits per heavy atom. The molecule has 0 amide bonds. The molecule has 0 aromatic carbocycles. The van der Waals surface area contributed by atoms with Crippen molar-refractivity contribution in [2.45, 2.75) is 51.5 Å². The third-order valence-corrected chi connectivity index (χ3v) is 4.28. The summed E-state index contributed by atoms with van der Waals surface area (Å²) in [5.74, 6) is 0.763. The first kappa shape index (κ1) is 17.0. The number of aliphatic imine (C=N–C) groups is 1. The summed E-state index contributed by atoms with van der Waals surface area (Å²) in [6.45, 7) is 7.67. The molecule has 5 heteroatoms. The van der Waals surface area contributed by atoms with Crippen LogP contribution in [0.2, 0.25) is 0 Å². The van der Waals surface area contributed by atoms with Crippen molar-refractivity contribution >= 4 is 29.9 Å². The summed E-state index contributed by atoms with van der Waals surface area (Å²) in [4.78, 5) is 9.35. The molecule has 19 heavy (non-hydrogen) atoms. The molecule has 2 N–H and O–H groups in total. The van der Waals surface area contributed by atoms with Crippen LogP contribution in [0.3, 0.4) is 0 Å². The number of hydrogen-bond acceptors (Lipinski definition) is 2. The Bertz CT molecular complexity index is 277. The van der Waals surface area contributed by atoms with Gasteiger partial charge in [0.1, 0.15) is 0 Å². The minimum Gasteiger partial charge on any atom is -0.370 e. The molecule has 2 heterocycles. The number of hydrogen-bond donors (Lipinski definition) is 1. The largest absolute Gasteiger partial charge is 0.370 e. The minimum atomic E-state index is 0. The average Bonchev–Trinajstić information content (AvgIpc) is 2.42. The van der Waals surface area contributed by atoms with E-state index in [9.17, 15) is 0 Å². The Morgan fingerprint density at radius 3 is 2.47 bits per heavy atom. The molecule has 1 atom stereocenters. The second-order valence-electron chi connectivity index (χ2n) is 5.67. The van der Waals surface area contributed by atoms with Crippen LogP contribution in [0, 0.1) is 0 Å². The summed E-state index contributed by atoms with van der Waals surface area (Å²) in [5, 5.41) is 0. The minimum absolute atomic E-state index is 0. The van der Waals surface area contributed by atoms with Crippen LogP contribution in [-0.4, -0.2) is 54.5 Å². The lowest BCUT2D eigenvalue weighted by molar-refractivity contribution is 0.165. The van der Waals surface area contributed by atoms with Gasteiger partial charge in [-0.1, -0.05) is 6.42 Å². The molecule has 0 saturated carbocycles. The van der Waals surface area contributed by atoms with E-state index in [2.05, 4.69) is 21.7 Å².